The molecule has 2 N–H and O–H groups in total. The number of esters is 1. The molecule has 0 aliphatic rings. The molecule has 0 amide bonds. The molecule has 0 aliphatic carbocycles. The van der Waals surface area contributed by atoms with Gasteiger partial charge >= 0.3 is 5.97 Å². The van der Waals surface area contributed by atoms with Crippen LogP contribution >= 0.6 is 0 Å². The number of H-pyrrole nitrogens is 1. The Labute approximate surface area is 147 Å². The SMILES string of the molecule is CC(=O)O[C@H](CNC(C)C)COc1cccc2[nH]c3ccccc3c12. The van der Waals surface area contributed by atoms with Crippen molar-refractivity contribution in [3.63, 3.8) is 0 Å². The van der Waals surface area contributed by atoms with Gasteiger partial charge in [0, 0.05) is 35.8 Å². The van der Waals surface area contributed by atoms with Crippen molar-refractivity contribution < 1.29 is 14.3 Å². The molecule has 0 fully saturated rings. The topological polar surface area (TPSA) is 63.4 Å². The van der Waals surface area contributed by atoms with Crippen molar-refractivity contribution in [2.45, 2.75) is 32.9 Å². The average Bonchev–Trinajstić information content (AvgIpc) is 2.96. The van der Waals surface area contributed by atoms with Crippen LogP contribution in [0.2, 0.25) is 0 Å². The van der Waals surface area contributed by atoms with Gasteiger partial charge in [-0.3, -0.25) is 4.79 Å². The molecule has 0 unspecified atom stereocenters. The zero-order valence-corrected chi connectivity index (χ0v) is 14.8. The van der Waals surface area contributed by atoms with E-state index in [1.807, 2.05) is 36.4 Å². The van der Waals surface area contributed by atoms with Gasteiger partial charge in [-0.1, -0.05) is 38.1 Å². The third-order valence-corrected chi connectivity index (χ3v) is 4.00. The predicted molar refractivity (Wildman–Crippen MR) is 100.0 cm³/mol. The number of ether oxygens (including phenoxy) is 2. The molecule has 0 saturated heterocycles. The maximum absolute atomic E-state index is 11.3. The second kappa shape index (κ2) is 7.57. The molecule has 3 rings (SSSR count). The molecule has 5 heteroatoms. The number of benzene rings is 2. The van der Waals surface area contributed by atoms with Crippen molar-refractivity contribution in [1.29, 1.82) is 0 Å². The van der Waals surface area contributed by atoms with Gasteiger partial charge in [-0.15, -0.1) is 0 Å². The van der Waals surface area contributed by atoms with Crippen LogP contribution in [0.3, 0.4) is 0 Å². The Morgan fingerprint density at radius 1 is 1.12 bits per heavy atom. The fourth-order valence-corrected chi connectivity index (χ4v) is 2.91. The van der Waals surface area contributed by atoms with Gasteiger partial charge in [0.15, 0.2) is 0 Å². The molecule has 0 spiro atoms. The Bertz CT molecular complexity index is 870. The summed E-state index contributed by atoms with van der Waals surface area (Å²) in [5, 5.41) is 5.46. The van der Waals surface area contributed by atoms with Crippen molar-refractivity contribution >= 4 is 27.8 Å². The van der Waals surface area contributed by atoms with Crippen LogP contribution in [-0.4, -0.2) is 36.3 Å². The van der Waals surface area contributed by atoms with E-state index >= 15 is 0 Å². The average molecular weight is 340 g/mol. The second-order valence-electron chi connectivity index (χ2n) is 6.45. The van der Waals surface area contributed by atoms with Gasteiger partial charge in [-0.05, 0) is 18.2 Å². The van der Waals surface area contributed by atoms with Gasteiger partial charge in [0.05, 0.1) is 5.52 Å². The van der Waals surface area contributed by atoms with E-state index in [9.17, 15) is 4.79 Å². The van der Waals surface area contributed by atoms with E-state index in [1.165, 1.54) is 6.92 Å². The first-order valence-corrected chi connectivity index (χ1v) is 8.57. The molecule has 5 nitrogen and oxygen atoms in total. The summed E-state index contributed by atoms with van der Waals surface area (Å²) < 4.78 is 11.4. The van der Waals surface area contributed by atoms with Gasteiger partial charge in [-0.2, -0.15) is 0 Å². The van der Waals surface area contributed by atoms with E-state index in [0.29, 0.717) is 19.2 Å². The monoisotopic (exact) mass is 340 g/mol. The molecule has 2 aromatic carbocycles. The third kappa shape index (κ3) is 4.12. The molecule has 132 valence electrons. The minimum absolute atomic E-state index is 0.301. The highest BCUT2D eigenvalue weighted by Crippen LogP contribution is 2.33. The minimum atomic E-state index is -0.333. The number of aromatic nitrogens is 1. The van der Waals surface area contributed by atoms with E-state index in [0.717, 1.165) is 27.6 Å². The van der Waals surface area contributed by atoms with Gasteiger partial charge < -0.3 is 19.8 Å². The molecule has 0 radical (unpaired) electrons. The molecule has 3 aromatic rings. The Hall–Kier alpha value is -2.53. The van der Waals surface area contributed by atoms with Crippen LogP contribution in [0.15, 0.2) is 42.5 Å². The van der Waals surface area contributed by atoms with Crippen LogP contribution < -0.4 is 10.1 Å². The molecule has 1 aromatic heterocycles. The number of carbonyl (C=O) groups excluding carboxylic acids is 1. The Kier molecular flexibility index (Phi) is 5.24. The third-order valence-electron chi connectivity index (χ3n) is 4.00. The van der Waals surface area contributed by atoms with Crippen LogP contribution in [0.4, 0.5) is 0 Å². The molecular weight excluding hydrogens is 316 g/mol. The molecule has 25 heavy (non-hydrogen) atoms. The lowest BCUT2D eigenvalue weighted by Crippen LogP contribution is -2.38. The maximum Gasteiger partial charge on any atom is 0.303 e. The number of hydrogen-bond acceptors (Lipinski definition) is 4. The quantitative estimate of drug-likeness (QED) is 0.645. The van der Waals surface area contributed by atoms with E-state index in [1.54, 1.807) is 0 Å². The van der Waals surface area contributed by atoms with Gasteiger partial charge in [0.2, 0.25) is 0 Å². The first kappa shape index (κ1) is 17.3. The summed E-state index contributed by atoms with van der Waals surface area (Å²) >= 11 is 0. The van der Waals surface area contributed by atoms with E-state index in [2.05, 4.69) is 30.2 Å². The van der Waals surface area contributed by atoms with Crippen LogP contribution in [0.1, 0.15) is 20.8 Å². The minimum Gasteiger partial charge on any atom is -0.489 e. The summed E-state index contributed by atoms with van der Waals surface area (Å²) in [7, 11) is 0. The standard InChI is InChI=1S/C20H24N2O3/c1-13(2)21-11-15(25-14(3)23)12-24-19-10-6-9-18-20(19)16-7-4-5-8-17(16)22-18/h4-10,13,15,21-22H,11-12H2,1-3H3/t15-/m1/s1. The van der Waals surface area contributed by atoms with Crippen LogP contribution in [0.5, 0.6) is 5.75 Å². The molecule has 1 heterocycles. The summed E-state index contributed by atoms with van der Waals surface area (Å²) in [4.78, 5) is 14.7. The lowest BCUT2D eigenvalue weighted by atomic mass is 10.1. The molecule has 0 aliphatic heterocycles. The van der Waals surface area contributed by atoms with Crippen LogP contribution in [0, 0.1) is 0 Å². The maximum atomic E-state index is 11.3. The highest BCUT2D eigenvalue weighted by Gasteiger charge is 2.15. The van der Waals surface area contributed by atoms with Crippen molar-refractivity contribution in [1.82, 2.24) is 10.3 Å². The lowest BCUT2D eigenvalue weighted by molar-refractivity contribution is -0.147. The number of aromatic amines is 1. The first-order chi connectivity index (χ1) is 12.0. The summed E-state index contributed by atoms with van der Waals surface area (Å²) in [6.07, 6.45) is -0.333. The summed E-state index contributed by atoms with van der Waals surface area (Å²) in [5.74, 6) is 0.487. The van der Waals surface area contributed by atoms with Crippen molar-refractivity contribution in [3.8, 4) is 5.75 Å². The van der Waals surface area contributed by atoms with E-state index in [-0.39, 0.29) is 12.1 Å². The summed E-state index contributed by atoms with van der Waals surface area (Å²) in [6, 6.07) is 14.4. The number of rotatable bonds is 7. The number of fused-ring (bicyclic) bond motifs is 3. The molecule has 0 saturated carbocycles. The fraction of sp³-hybridized carbons (Fsp3) is 0.350. The predicted octanol–water partition coefficient (Wildman–Crippen LogP) is 3.63. The molecule has 0 bridgehead atoms. The Morgan fingerprint density at radius 2 is 1.88 bits per heavy atom. The van der Waals surface area contributed by atoms with Gasteiger partial charge in [0.25, 0.3) is 0 Å². The summed E-state index contributed by atoms with van der Waals surface area (Å²) in [6.45, 7) is 6.39. The number of hydrogen-bond donors (Lipinski definition) is 2. The largest absolute Gasteiger partial charge is 0.489 e. The fourth-order valence-electron chi connectivity index (χ4n) is 2.91. The molecule has 1 atom stereocenters. The molecular formula is C20H24N2O3. The number of carbonyl (C=O) groups is 1. The highest BCUT2D eigenvalue weighted by atomic mass is 16.6. The van der Waals surface area contributed by atoms with Crippen molar-refractivity contribution in [2.24, 2.45) is 0 Å². The van der Waals surface area contributed by atoms with Gasteiger partial charge in [0.1, 0.15) is 18.5 Å². The normalized spacial score (nSPS) is 12.6. The Morgan fingerprint density at radius 3 is 2.64 bits per heavy atom. The van der Waals surface area contributed by atoms with Crippen molar-refractivity contribution in [2.75, 3.05) is 13.2 Å². The van der Waals surface area contributed by atoms with Gasteiger partial charge in [-0.25, -0.2) is 0 Å². The second-order valence-corrected chi connectivity index (χ2v) is 6.45. The Balaban J connectivity index is 1.82. The smallest absolute Gasteiger partial charge is 0.303 e. The first-order valence-electron chi connectivity index (χ1n) is 8.57. The number of nitrogens with one attached hydrogen (secondary N) is 2. The van der Waals surface area contributed by atoms with Crippen molar-refractivity contribution in [3.05, 3.63) is 42.5 Å². The summed E-state index contributed by atoms with van der Waals surface area (Å²) in [5.41, 5.74) is 2.11. The van der Waals surface area contributed by atoms with Crippen LogP contribution in [0.25, 0.3) is 21.8 Å². The van der Waals surface area contributed by atoms with E-state index < -0.39 is 0 Å². The number of para-hydroxylation sites is 1. The highest BCUT2D eigenvalue weighted by molar-refractivity contribution is 6.10. The zero-order chi connectivity index (χ0) is 17.8. The van der Waals surface area contributed by atoms with E-state index in [4.69, 9.17) is 9.47 Å². The zero-order valence-electron chi connectivity index (χ0n) is 14.8. The van der Waals surface area contributed by atoms with Crippen LogP contribution in [-0.2, 0) is 9.53 Å². The lowest BCUT2D eigenvalue weighted by Gasteiger charge is -2.20.